The maximum Gasteiger partial charge on any atom is 0.335 e. The fourth-order valence-corrected chi connectivity index (χ4v) is 3.19. The highest BCUT2D eigenvalue weighted by Crippen LogP contribution is 2.36. The predicted octanol–water partition coefficient (Wildman–Crippen LogP) is 4.46. The number of carbonyl (C=O) groups is 1. The summed E-state index contributed by atoms with van der Waals surface area (Å²) in [6.45, 7) is 4.91. The first kappa shape index (κ1) is 18.0. The zero-order valence-electron chi connectivity index (χ0n) is 15.7. The third kappa shape index (κ3) is 3.56. The first-order chi connectivity index (χ1) is 13.5. The number of esters is 1. The highest BCUT2D eigenvalue weighted by atomic mass is 16.7. The number of aromatic nitrogens is 1. The maximum absolute atomic E-state index is 13.1. The van der Waals surface area contributed by atoms with Crippen LogP contribution in [0, 0.1) is 0 Å². The summed E-state index contributed by atoms with van der Waals surface area (Å²) in [7, 11) is 0. The number of para-hydroxylation sites is 1. The number of rotatable bonds is 6. The van der Waals surface area contributed by atoms with Gasteiger partial charge in [0.2, 0.25) is 6.79 Å². The van der Waals surface area contributed by atoms with Gasteiger partial charge in [-0.1, -0.05) is 36.9 Å². The van der Waals surface area contributed by atoms with Crippen molar-refractivity contribution in [3.8, 4) is 16.9 Å². The third-order valence-corrected chi connectivity index (χ3v) is 4.79. The van der Waals surface area contributed by atoms with E-state index in [2.05, 4.69) is 6.58 Å². The van der Waals surface area contributed by atoms with Crippen LogP contribution in [0.15, 0.2) is 71.5 Å². The number of ether oxygens (including phenoxy) is 2. The van der Waals surface area contributed by atoms with Crippen LogP contribution in [0.1, 0.15) is 25.8 Å². The zero-order valence-corrected chi connectivity index (χ0v) is 15.7. The highest BCUT2D eigenvalue weighted by Gasteiger charge is 2.27. The van der Waals surface area contributed by atoms with Crippen molar-refractivity contribution in [2.75, 3.05) is 6.79 Å². The molecule has 0 aliphatic heterocycles. The van der Waals surface area contributed by atoms with Gasteiger partial charge in [0.1, 0.15) is 5.75 Å². The van der Waals surface area contributed by atoms with E-state index in [-0.39, 0.29) is 12.4 Å². The van der Waals surface area contributed by atoms with Crippen LogP contribution in [0.2, 0.25) is 0 Å². The van der Waals surface area contributed by atoms with Crippen LogP contribution in [0.25, 0.3) is 22.0 Å². The predicted molar refractivity (Wildman–Crippen MR) is 108 cm³/mol. The van der Waals surface area contributed by atoms with Crippen molar-refractivity contribution in [2.24, 2.45) is 0 Å². The van der Waals surface area contributed by atoms with Crippen molar-refractivity contribution in [1.29, 1.82) is 0 Å². The second-order valence-corrected chi connectivity index (χ2v) is 7.02. The molecule has 4 rings (SSSR count). The molecule has 142 valence electrons. The summed E-state index contributed by atoms with van der Waals surface area (Å²) in [5, 5.41) is 1.05. The van der Waals surface area contributed by atoms with Gasteiger partial charge in [-0.25, -0.2) is 4.79 Å². The van der Waals surface area contributed by atoms with E-state index < -0.39 is 5.97 Å². The molecule has 5 nitrogen and oxygen atoms in total. The molecule has 1 aromatic heterocycles. The molecule has 0 N–H and O–H groups in total. The second kappa shape index (κ2) is 7.35. The van der Waals surface area contributed by atoms with Crippen LogP contribution in [-0.2, 0) is 9.53 Å². The molecule has 2 aromatic carbocycles. The molecule has 0 atom stereocenters. The molecule has 1 fully saturated rings. The Morgan fingerprint density at radius 1 is 1.14 bits per heavy atom. The first-order valence-electron chi connectivity index (χ1n) is 9.25. The van der Waals surface area contributed by atoms with Crippen molar-refractivity contribution in [3.05, 3.63) is 77.1 Å². The molecule has 1 saturated carbocycles. The topological polar surface area (TPSA) is 57.5 Å². The van der Waals surface area contributed by atoms with E-state index in [0.29, 0.717) is 22.9 Å². The number of nitrogens with zero attached hydrogens (tertiary/aromatic N) is 1. The number of hydrogen-bond donors (Lipinski definition) is 0. The van der Waals surface area contributed by atoms with Crippen LogP contribution in [0.4, 0.5) is 0 Å². The average Bonchev–Trinajstić information content (AvgIpc) is 3.53. The van der Waals surface area contributed by atoms with Crippen LogP contribution >= 0.6 is 0 Å². The standard InChI is InChI=1S/C23H21NO4/c1-15(2)23(26)28-14-27-19-11-7-16(8-12-19)20-13-17-5-3-4-6-21(17)24(22(20)25)18-9-10-18/h3-8,11-13,18H,1,9-10,14H2,2H3. The zero-order chi connectivity index (χ0) is 19.7. The normalized spacial score (nSPS) is 13.3. The summed E-state index contributed by atoms with van der Waals surface area (Å²) in [6, 6.07) is 17.4. The van der Waals surface area contributed by atoms with Gasteiger partial charge >= 0.3 is 5.97 Å². The van der Waals surface area contributed by atoms with Gasteiger partial charge in [-0.2, -0.15) is 0 Å². The molecule has 0 radical (unpaired) electrons. The molecule has 1 aliphatic carbocycles. The van der Waals surface area contributed by atoms with E-state index in [4.69, 9.17) is 9.47 Å². The fraction of sp³-hybridized carbons (Fsp3) is 0.217. The molecule has 28 heavy (non-hydrogen) atoms. The summed E-state index contributed by atoms with van der Waals surface area (Å²) in [6.07, 6.45) is 2.09. The quantitative estimate of drug-likeness (QED) is 0.363. The Labute approximate surface area is 162 Å². The molecule has 0 amide bonds. The Morgan fingerprint density at radius 2 is 1.86 bits per heavy atom. The van der Waals surface area contributed by atoms with E-state index in [1.165, 1.54) is 0 Å². The lowest BCUT2D eigenvalue weighted by atomic mass is 10.0. The third-order valence-electron chi connectivity index (χ3n) is 4.79. The van der Waals surface area contributed by atoms with Crippen molar-refractivity contribution in [1.82, 2.24) is 4.57 Å². The van der Waals surface area contributed by atoms with Crippen molar-refractivity contribution in [3.63, 3.8) is 0 Å². The van der Waals surface area contributed by atoms with E-state index in [0.717, 1.165) is 29.3 Å². The molecule has 1 heterocycles. The molecular formula is C23H21NO4. The van der Waals surface area contributed by atoms with Crippen molar-refractivity contribution >= 4 is 16.9 Å². The Hall–Kier alpha value is -3.34. The lowest BCUT2D eigenvalue weighted by Crippen LogP contribution is -2.21. The minimum absolute atomic E-state index is 0.0326. The minimum Gasteiger partial charge on any atom is -0.457 e. The van der Waals surface area contributed by atoms with E-state index in [1.54, 1.807) is 19.1 Å². The summed E-state index contributed by atoms with van der Waals surface area (Å²) >= 11 is 0. The van der Waals surface area contributed by atoms with Crippen molar-refractivity contribution in [2.45, 2.75) is 25.8 Å². The first-order valence-corrected chi connectivity index (χ1v) is 9.25. The summed E-state index contributed by atoms with van der Waals surface area (Å²) in [4.78, 5) is 24.5. The SMILES string of the molecule is C=C(C)C(=O)OCOc1ccc(-c2cc3ccccc3n(C3CC3)c2=O)cc1. The van der Waals surface area contributed by atoms with Gasteiger partial charge in [0.25, 0.3) is 5.56 Å². The Bertz CT molecular complexity index is 1110. The lowest BCUT2D eigenvalue weighted by molar-refractivity contribution is -0.145. The number of fused-ring (bicyclic) bond motifs is 1. The molecule has 3 aromatic rings. The van der Waals surface area contributed by atoms with Gasteiger partial charge in [-0.05, 0) is 55.0 Å². The van der Waals surface area contributed by atoms with Gasteiger partial charge in [0, 0.05) is 17.2 Å². The molecule has 1 aliphatic rings. The highest BCUT2D eigenvalue weighted by molar-refractivity contribution is 5.87. The summed E-state index contributed by atoms with van der Waals surface area (Å²) < 4.78 is 12.3. The molecular weight excluding hydrogens is 354 g/mol. The second-order valence-electron chi connectivity index (χ2n) is 7.02. The molecule has 0 spiro atoms. The molecule has 0 saturated heterocycles. The van der Waals surface area contributed by atoms with Crippen LogP contribution in [0.5, 0.6) is 5.75 Å². The van der Waals surface area contributed by atoms with Gasteiger partial charge in [0.15, 0.2) is 0 Å². The Morgan fingerprint density at radius 3 is 2.54 bits per heavy atom. The van der Waals surface area contributed by atoms with Gasteiger partial charge in [-0.3, -0.25) is 4.79 Å². The molecule has 0 unspecified atom stereocenters. The van der Waals surface area contributed by atoms with Gasteiger partial charge in [-0.15, -0.1) is 0 Å². The van der Waals surface area contributed by atoms with E-state index in [9.17, 15) is 9.59 Å². The Balaban J connectivity index is 1.60. The molecule has 0 bridgehead atoms. The number of benzene rings is 2. The van der Waals surface area contributed by atoms with Gasteiger partial charge in [0.05, 0.1) is 5.52 Å². The summed E-state index contributed by atoms with van der Waals surface area (Å²) in [5.74, 6) is 0.0648. The van der Waals surface area contributed by atoms with E-state index in [1.807, 2.05) is 47.0 Å². The van der Waals surface area contributed by atoms with Crippen LogP contribution in [0.3, 0.4) is 0 Å². The largest absolute Gasteiger partial charge is 0.457 e. The lowest BCUT2D eigenvalue weighted by Gasteiger charge is -2.13. The van der Waals surface area contributed by atoms with Crippen LogP contribution in [-0.4, -0.2) is 17.3 Å². The number of carbonyl (C=O) groups excluding carboxylic acids is 1. The minimum atomic E-state index is -0.492. The number of pyridine rings is 1. The number of hydrogen-bond acceptors (Lipinski definition) is 4. The summed E-state index contributed by atoms with van der Waals surface area (Å²) in [5.41, 5.74) is 2.84. The smallest absolute Gasteiger partial charge is 0.335 e. The van der Waals surface area contributed by atoms with Gasteiger partial charge < -0.3 is 14.0 Å². The maximum atomic E-state index is 13.1. The average molecular weight is 375 g/mol. The van der Waals surface area contributed by atoms with Crippen LogP contribution < -0.4 is 10.3 Å². The van der Waals surface area contributed by atoms with E-state index >= 15 is 0 Å². The Kier molecular flexibility index (Phi) is 4.74. The monoisotopic (exact) mass is 375 g/mol. The van der Waals surface area contributed by atoms with Crippen molar-refractivity contribution < 1.29 is 14.3 Å². The fourth-order valence-electron chi connectivity index (χ4n) is 3.19. The molecule has 5 heteroatoms.